The third kappa shape index (κ3) is 2.23. The molecule has 94 valence electrons. The van der Waals surface area contributed by atoms with E-state index in [1.165, 1.54) is 38.5 Å². The van der Waals surface area contributed by atoms with E-state index in [4.69, 9.17) is 10.3 Å². The maximum Gasteiger partial charge on any atom is 0.226 e. The van der Waals surface area contributed by atoms with Gasteiger partial charge >= 0.3 is 0 Å². The maximum atomic E-state index is 6.30. The van der Waals surface area contributed by atoms with Crippen LogP contribution in [0.2, 0.25) is 0 Å². The molecule has 0 spiro atoms. The molecule has 2 fully saturated rings. The second kappa shape index (κ2) is 4.41. The van der Waals surface area contributed by atoms with Gasteiger partial charge in [0.25, 0.3) is 0 Å². The maximum absolute atomic E-state index is 6.30. The average molecular weight is 235 g/mol. The molecule has 0 bridgehead atoms. The molecule has 2 aliphatic rings. The normalized spacial score (nSPS) is 23.8. The van der Waals surface area contributed by atoms with Crippen LogP contribution in [0.4, 0.5) is 0 Å². The van der Waals surface area contributed by atoms with Crippen LogP contribution in [-0.2, 0) is 12.0 Å². The van der Waals surface area contributed by atoms with Crippen LogP contribution < -0.4 is 5.73 Å². The Bertz CT molecular complexity index is 378. The molecule has 0 amide bonds. The Balaban J connectivity index is 1.61. The molecule has 1 heterocycles. The largest absolute Gasteiger partial charge is 0.339 e. The molecule has 0 atom stereocenters. The van der Waals surface area contributed by atoms with Crippen LogP contribution in [0, 0.1) is 5.92 Å². The Kier molecular flexibility index (Phi) is 2.90. The molecular formula is C13H21N3O. The molecule has 2 saturated carbocycles. The standard InChI is InChI=1S/C13H21N3O/c14-13(8-1-2-9-13)12-15-11(17-16-12)7-6-10-4-3-5-10/h10H,1-9,14H2. The molecule has 1 aromatic heterocycles. The molecule has 0 radical (unpaired) electrons. The lowest BCUT2D eigenvalue weighted by molar-refractivity contribution is 0.279. The predicted octanol–water partition coefficient (Wildman–Crippen LogP) is 2.53. The average Bonchev–Trinajstić information content (AvgIpc) is 2.85. The van der Waals surface area contributed by atoms with Gasteiger partial charge < -0.3 is 10.3 Å². The van der Waals surface area contributed by atoms with Crippen molar-refractivity contribution in [1.29, 1.82) is 0 Å². The summed E-state index contributed by atoms with van der Waals surface area (Å²) in [5.41, 5.74) is 5.99. The number of nitrogens with two attached hydrogens (primary N) is 1. The molecule has 3 rings (SSSR count). The molecule has 17 heavy (non-hydrogen) atoms. The van der Waals surface area contributed by atoms with E-state index in [2.05, 4.69) is 10.1 Å². The van der Waals surface area contributed by atoms with E-state index in [1.807, 2.05) is 0 Å². The van der Waals surface area contributed by atoms with Gasteiger partial charge in [0.2, 0.25) is 5.89 Å². The molecule has 2 N–H and O–H groups in total. The summed E-state index contributed by atoms with van der Waals surface area (Å²) in [7, 11) is 0. The monoisotopic (exact) mass is 235 g/mol. The lowest BCUT2D eigenvalue weighted by Crippen LogP contribution is -2.34. The number of rotatable bonds is 4. The van der Waals surface area contributed by atoms with Gasteiger partial charge in [-0.3, -0.25) is 0 Å². The van der Waals surface area contributed by atoms with Gasteiger partial charge in [-0.1, -0.05) is 37.3 Å². The third-order valence-corrected chi connectivity index (χ3v) is 4.40. The molecule has 0 aliphatic heterocycles. The summed E-state index contributed by atoms with van der Waals surface area (Å²) in [5.74, 6) is 2.41. The van der Waals surface area contributed by atoms with Gasteiger partial charge in [-0.2, -0.15) is 4.98 Å². The van der Waals surface area contributed by atoms with E-state index in [1.54, 1.807) is 0 Å². The van der Waals surface area contributed by atoms with Gasteiger partial charge in [0.15, 0.2) is 5.82 Å². The lowest BCUT2D eigenvalue weighted by atomic mass is 9.82. The molecule has 0 unspecified atom stereocenters. The number of aromatic nitrogens is 2. The second-order valence-electron chi connectivity index (χ2n) is 5.71. The molecule has 2 aliphatic carbocycles. The van der Waals surface area contributed by atoms with Crippen LogP contribution in [0.5, 0.6) is 0 Å². The Labute approximate surface area is 102 Å². The Morgan fingerprint density at radius 3 is 2.65 bits per heavy atom. The van der Waals surface area contributed by atoms with Crippen molar-refractivity contribution >= 4 is 0 Å². The van der Waals surface area contributed by atoms with Crippen LogP contribution in [0.3, 0.4) is 0 Å². The Morgan fingerprint density at radius 2 is 2.00 bits per heavy atom. The van der Waals surface area contributed by atoms with Crippen molar-refractivity contribution in [2.45, 2.75) is 63.3 Å². The van der Waals surface area contributed by atoms with E-state index in [0.717, 1.165) is 36.9 Å². The van der Waals surface area contributed by atoms with Crippen LogP contribution in [0.1, 0.15) is 63.1 Å². The fourth-order valence-corrected chi connectivity index (χ4v) is 2.90. The van der Waals surface area contributed by atoms with Gasteiger partial charge in [-0.05, 0) is 25.2 Å². The first kappa shape index (κ1) is 11.2. The van der Waals surface area contributed by atoms with E-state index < -0.39 is 0 Å². The van der Waals surface area contributed by atoms with Crippen molar-refractivity contribution < 1.29 is 4.52 Å². The van der Waals surface area contributed by atoms with Crippen molar-refractivity contribution in [2.24, 2.45) is 11.7 Å². The summed E-state index contributed by atoms with van der Waals surface area (Å²) in [5, 5.41) is 4.08. The third-order valence-electron chi connectivity index (χ3n) is 4.40. The molecule has 4 nitrogen and oxygen atoms in total. The summed E-state index contributed by atoms with van der Waals surface area (Å²) in [6.07, 6.45) is 10.6. The molecule has 4 heteroatoms. The van der Waals surface area contributed by atoms with Gasteiger partial charge in [0, 0.05) is 6.42 Å². The zero-order chi connectivity index (χ0) is 11.7. The van der Waals surface area contributed by atoms with Crippen molar-refractivity contribution in [3.05, 3.63) is 11.7 Å². The minimum absolute atomic E-state index is 0.307. The fraction of sp³-hybridized carbons (Fsp3) is 0.846. The van der Waals surface area contributed by atoms with E-state index in [-0.39, 0.29) is 5.54 Å². The predicted molar refractivity (Wildman–Crippen MR) is 64.3 cm³/mol. The molecule has 1 aromatic rings. The quantitative estimate of drug-likeness (QED) is 0.871. The molecular weight excluding hydrogens is 214 g/mol. The molecule has 0 saturated heterocycles. The van der Waals surface area contributed by atoms with Gasteiger partial charge in [-0.15, -0.1) is 0 Å². The first-order chi connectivity index (χ1) is 8.26. The summed E-state index contributed by atoms with van der Waals surface area (Å²) < 4.78 is 5.32. The van der Waals surface area contributed by atoms with Crippen molar-refractivity contribution in [3.8, 4) is 0 Å². The highest BCUT2D eigenvalue weighted by atomic mass is 16.5. The van der Waals surface area contributed by atoms with E-state index in [0.29, 0.717) is 0 Å². The zero-order valence-electron chi connectivity index (χ0n) is 10.3. The summed E-state index contributed by atoms with van der Waals surface area (Å²) in [6.45, 7) is 0. The lowest BCUT2D eigenvalue weighted by Gasteiger charge is -2.24. The van der Waals surface area contributed by atoms with Crippen molar-refractivity contribution in [3.63, 3.8) is 0 Å². The smallest absolute Gasteiger partial charge is 0.226 e. The first-order valence-electron chi connectivity index (χ1n) is 6.88. The highest BCUT2D eigenvalue weighted by Gasteiger charge is 2.35. The zero-order valence-corrected chi connectivity index (χ0v) is 10.3. The van der Waals surface area contributed by atoms with Crippen LogP contribution in [0.25, 0.3) is 0 Å². The number of hydrogen-bond acceptors (Lipinski definition) is 4. The van der Waals surface area contributed by atoms with Crippen LogP contribution in [0.15, 0.2) is 4.52 Å². The van der Waals surface area contributed by atoms with Crippen LogP contribution in [-0.4, -0.2) is 10.1 Å². The summed E-state index contributed by atoms with van der Waals surface area (Å²) >= 11 is 0. The van der Waals surface area contributed by atoms with Crippen molar-refractivity contribution in [1.82, 2.24) is 10.1 Å². The number of hydrogen-bond donors (Lipinski definition) is 1. The first-order valence-corrected chi connectivity index (χ1v) is 6.88. The van der Waals surface area contributed by atoms with Crippen molar-refractivity contribution in [2.75, 3.05) is 0 Å². The SMILES string of the molecule is NC1(c2noc(CCC3CCC3)n2)CCCC1. The van der Waals surface area contributed by atoms with Gasteiger partial charge in [0.05, 0.1) is 5.54 Å². The number of nitrogens with zero attached hydrogens (tertiary/aromatic N) is 2. The Morgan fingerprint density at radius 1 is 1.24 bits per heavy atom. The van der Waals surface area contributed by atoms with E-state index in [9.17, 15) is 0 Å². The highest BCUT2D eigenvalue weighted by molar-refractivity contribution is 5.06. The minimum atomic E-state index is -0.307. The topological polar surface area (TPSA) is 64.9 Å². The fourth-order valence-electron chi connectivity index (χ4n) is 2.90. The van der Waals surface area contributed by atoms with Gasteiger partial charge in [-0.25, -0.2) is 0 Å². The molecule has 0 aromatic carbocycles. The summed E-state index contributed by atoms with van der Waals surface area (Å²) in [4.78, 5) is 4.49. The second-order valence-corrected chi connectivity index (χ2v) is 5.71. The van der Waals surface area contributed by atoms with Gasteiger partial charge in [0.1, 0.15) is 0 Å². The van der Waals surface area contributed by atoms with Crippen LogP contribution >= 0.6 is 0 Å². The minimum Gasteiger partial charge on any atom is -0.339 e. The number of aryl methyl sites for hydroxylation is 1. The highest BCUT2D eigenvalue weighted by Crippen LogP contribution is 2.35. The Hall–Kier alpha value is -0.900. The summed E-state index contributed by atoms with van der Waals surface area (Å²) in [6, 6.07) is 0. The van der Waals surface area contributed by atoms with E-state index >= 15 is 0 Å².